The van der Waals surface area contributed by atoms with Crippen LogP contribution >= 0.6 is 0 Å². The van der Waals surface area contributed by atoms with Crippen molar-refractivity contribution in [1.82, 2.24) is 35.0 Å². The number of piperazine rings is 1. The zero-order valence-corrected chi connectivity index (χ0v) is 19.8. The summed E-state index contributed by atoms with van der Waals surface area (Å²) in [5.41, 5.74) is 2.84. The summed E-state index contributed by atoms with van der Waals surface area (Å²) in [5.74, 6) is 0.808. The number of rotatable bonds is 7. The molecule has 2 aromatic heterocycles. The van der Waals surface area contributed by atoms with Crippen LogP contribution in [-0.2, 0) is 6.42 Å². The number of nitrogens with one attached hydrogen (secondary N) is 1. The van der Waals surface area contributed by atoms with E-state index in [2.05, 4.69) is 62.4 Å². The van der Waals surface area contributed by atoms with Crippen LogP contribution in [0.25, 0.3) is 10.9 Å². The van der Waals surface area contributed by atoms with Crippen molar-refractivity contribution >= 4 is 10.9 Å². The van der Waals surface area contributed by atoms with E-state index in [9.17, 15) is 4.79 Å². The third-order valence-corrected chi connectivity index (χ3v) is 7.39. The highest BCUT2D eigenvalue weighted by Gasteiger charge is 2.34. The summed E-state index contributed by atoms with van der Waals surface area (Å²) in [5, 5.41) is 14.1. The molecule has 3 heterocycles. The first-order chi connectivity index (χ1) is 16.2. The molecule has 0 amide bonds. The predicted molar refractivity (Wildman–Crippen MR) is 129 cm³/mol. The number of benzene rings is 1. The lowest BCUT2D eigenvalue weighted by molar-refractivity contribution is 0.103. The highest BCUT2D eigenvalue weighted by Crippen LogP contribution is 2.34. The lowest BCUT2D eigenvalue weighted by atomic mass is 10.0. The van der Waals surface area contributed by atoms with Crippen molar-refractivity contribution in [3.63, 3.8) is 0 Å². The van der Waals surface area contributed by atoms with Gasteiger partial charge < -0.3 is 9.88 Å². The maximum absolute atomic E-state index is 13.4. The molecule has 1 aromatic carbocycles. The molecule has 1 aliphatic carbocycles. The molecule has 1 aliphatic heterocycles. The zero-order valence-electron chi connectivity index (χ0n) is 19.8. The van der Waals surface area contributed by atoms with Gasteiger partial charge in [-0.2, -0.15) is 0 Å². The molecule has 1 N–H and O–H groups in total. The first-order valence-electron chi connectivity index (χ1n) is 12.6. The van der Waals surface area contributed by atoms with Crippen LogP contribution in [0, 0.1) is 0 Å². The van der Waals surface area contributed by atoms with Crippen LogP contribution in [0.1, 0.15) is 75.0 Å². The summed E-state index contributed by atoms with van der Waals surface area (Å²) in [6.07, 6.45) is 6.74. The van der Waals surface area contributed by atoms with Gasteiger partial charge in [0, 0.05) is 37.3 Å². The van der Waals surface area contributed by atoms with Crippen molar-refractivity contribution < 1.29 is 0 Å². The lowest BCUT2D eigenvalue weighted by Gasteiger charge is -2.38. The topological polar surface area (TPSA) is 82.9 Å². The van der Waals surface area contributed by atoms with E-state index in [-0.39, 0.29) is 11.6 Å². The standard InChI is InChI=1S/C25H35N7O/c1-3-11-30-12-14-31(15-13-30)23(24-27-28-29-32(24)20-7-5-6-8-20)21-17-19-16-18(4-2)9-10-22(19)26-25(21)33/h9-10,16-17,20,23H,3-8,11-15H2,1-2H3,(H,26,33)/t23-/m1/s1. The van der Waals surface area contributed by atoms with E-state index < -0.39 is 0 Å². The van der Waals surface area contributed by atoms with Gasteiger partial charge in [0.25, 0.3) is 5.56 Å². The quantitative estimate of drug-likeness (QED) is 0.596. The van der Waals surface area contributed by atoms with Crippen LogP contribution in [0.5, 0.6) is 0 Å². The number of aryl methyl sites for hydroxylation is 1. The van der Waals surface area contributed by atoms with Crippen molar-refractivity contribution in [2.75, 3.05) is 32.7 Å². The zero-order chi connectivity index (χ0) is 22.8. The van der Waals surface area contributed by atoms with E-state index >= 15 is 0 Å². The van der Waals surface area contributed by atoms with E-state index in [1.165, 1.54) is 18.4 Å². The average Bonchev–Trinajstić information content (AvgIpc) is 3.53. The van der Waals surface area contributed by atoms with Crippen LogP contribution in [0.4, 0.5) is 0 Å². The Balaban J connectivity index is 1.58. The number of aromatic nitrogens is 5. The molecule has 0 spiro atoms. The number of aromatic amines is 1. The Morgan fingerprint density at radius 2 is 1.88 bits per heavy atom. The molecule has 8 heteroatoms. The van der Waals surface area contributed by atoms with Crippen molar-refractivity contribution in [3.05, 3.63) is 51.6 Å². The first-order valence-corrected chi connectivity index (χ1v) is 12.6. The normalized spacial score (nSPS) is 19.5. The average molecular weight is 450 g/mol. The van der Waals surface area contributed by atoms with Crippen molar-refractivity contribution in [1.29, 1.82) is 0 Å². The van der Waals surface area contributed by atoms with Crippen molar-refractivity contribution in [2.45, 2.75) is 64.5 Å². The summed E-state index contributed by atoms with van der Waals surface area (Å²) >= 11 is 0. The maximum Gasteiger partial charge on any atom is 0.253 e. The molecule has 8 nitrogen and oxygen atoms in total. The Morgan fingerprint density at radius 1 is 1.09 bits per heavy atom. The SMILES string of the molecule is CCCN1CCN([C@H](c2cc3cc(CC)ccc3[nH]c2=O)c2nnnn2C2CCCC2)CC1. The van der Waals surface area contributed by atoms with E-state index in [1.54, 1.807) is 0 Å². The van der Waals surface area contributed by atoms with Gasteiger partial charge in [-0.1, -0.05) is 32.8 Å². The Kier molecular flexibility index (Phi) is 6.55. The van der Waals surface area contributed by atoms with Gasteiger partial charge in [-0.25, -0.2) is 4.68 Å². The number of tetrazole rings is 1. The van der Waals surface area contributed by atoms with Crippen LogP contribution in [-0.4, -0.2) is 67.7 Å². The monoisotopic (exact) mass is 449 g/mol. The highest BCUT2D eigenvalue weighted by molar-refractivity contribution is 5.80. The largest absolute Gasteiger partial charge is 0.322 e. The van der Waals surface area contributed by atoms with E-state index in [1.807, 2.05) is 10.7 Å². The van der Waals surface area contributed by atoms with Crippen LogP contribution < -0.4 is 5.56 Å². The Bertz CT molecular complexity index is 1140. The molecule has 0 bridgehead atoms. The highest BCUT2D eigenvalue weighted by atomic mass is 16.1. The van der Waals surface area contributed by atoms with Gasteiger partial charge in [0.15, 0.2) is 5.82 Å². The predicted octanol–water partition coefficient (Wildman–Crippen LogP) is 3.31. The fourth-order valence-corrected chi connectivity index (χ4v) is 5.55. The minimum absolute atomic E-state index is 0.0475. The molecule has 1 saturated carbocycles. The number of hydrogen-bond acceptors (Lipinski definition) is 6. The van der Waals surface area contributed by atoms with Crippen LogP contribution in [0.2, 0.25) is 0 Å². The molecule has 2 fully saturated rings. The number of pyridine rings is 1. The minimum Gasteiger partial charge on any atom is -0.322 e. The van der Waals surface area contributed by atoms with E-state index in [0.717, 1.165) is 80.7 Å². The number of hydrogen-bond donors (Lipinski definition) is 1. The minimum atomic E-state index is -0.247. The van der Waals surface area contributed by atoms with Crippen LogP contribution in [0.15, 0.2) is 29.1 Å². The summed E-state index contributed by atoms with van der Waals surface area (Å²) in [6, 6.07) is 8.44. The molecular formula is C25H35N7O. The molecule has 0 radical (unpaired) electrons. The van der Waals surface area contributed by atoms with Crippen LogP contribution in [0.3, 0.4) is 0 Å². The van der Waals surface area contributed by atoms with E-state index in [4.69, 9.17) is 0 Å². The second-order valence-electron chi connectivity index (χ2n) is 9.53. The van der Waals surface area contributed by atoms with Gasteiger partial charge in [-0.15, -0.1) is 5.10 Å². The number of H-pyrrole nitrogens is 1. The smallest absolute Gasteiger partial charge is 0.253 e. The van der Waals surface area contributed by atoms with Gasteiger partial charge in [0.2, 0.25) is 0 Å². The third-order valence-electron chi connectivity index (χ3n) is 7.39. The lowest BCUT2D eigenvalue weighted by Crippen LogP contribution is -2.49. The first kappa shape index (κ1) is 22.2. The summed E-state index contributed by atoms with van der Waals surface area (Å²) < 4.78 is 2.02. The molecule has 1 atom stereocenters. The number of nitrogens with zero attached hydrogens (tertiary/aromatic N) is 6. The molecule has 33 heavy (non-hydrogen) atoms. The molecule has 3 aromatic rings. The molecular weight excluding hydrogens is 414 g/mol. The second kappa shape index (κ2) is 9.73. The summed E-state index contributed by atoms with van der Waals surface area (Å²) in [7, 11) is 0. The number of fused-ring (bicyclic) bond motifs is 1. The van der Waals surface area contributed by atoms with Gasteiger partial charge in [0.1, 0.15) is 6.04 Å². The fraction of sp³-hybridized carbons (Fsp3) is 0.600. The maximum atomic E-state index is 13.4. The second-order valence-corrected chi connectivity index (χ2v) is 9.53. The van der Waals surface area contributed by atoms with Crippen molar-refractivity contribution in [2.24, 2.45) is 0 Å². The summed E-state index contributed by atoms with van der Waals surface area (Å²) in [6.45, 7) is 9.30. The molecule has 2 aliphatic rings. The van der Waals surface area contributed by atoms with Gasteiger partial charge in [-0.3, -0.25) is 9.69 Å². The third kappa shape index (κ3) is 4.46. The Hall–Kier alpha value is -2.58. The van der Waals surface area contributed by atoms with Gasteiger partial charge >= 0.3 is 0 Å². The summed E-state index contributed by atoms with van der Waals surface area (Å²) in [4.78, 5) is 21.4. The molecule has 176 valence electrons. The molecule has 1 saturated heterocycles. The van der Waals surface area contributed by atoms with E-state index in [0.29, 0.717) is 6.04 Å². The van der Waals surface area contributed by atoms with Gasteiger partial charge in [0.05, 0.1) is 6.04 Å². The molecule has 5 rings (SSSR count). The fourth-order valence-electron chi connectivity index (χ4n) is 5.55. The van der Waals surface area contributed by atoms with Gasteiger partial charge in [-0.05, 0) is 71.8 Å². The molecule has 0 unspecified atom stereocenters. The Labute approximate surface area is 195 Å². The Morgan fingerprint density at radius 3 is 2.61 bits per heavy atom. The van der Waals surface area contributed by atoms with Crippen molar-refractivity contribution in [3.8, 4) is 0 Å².